The highest BCUT2D eigenvalue weighted by atomic mass is 127. The first-order chi connectivity index (χ1) is 9.50. The van der Waals surface area contributed by atoms with Gasteiger partial charge in [-0.05, 0) is 40.6 Å². The van der Waals surface area contributed by atoms with E-state index < -0.39 is 11.0 Å². The van der Waals surface area contributed by atoms with E-state index in [2.05, 4.69) is 22.6 Å². The lowest BCUT2D eigenvalue weighted by Crippen LogP contribution is -2.06. The van der Waals surface area contributed by atoms with E-state index in [0.29, 0.717) is 5.56 Å². The number of aliphatic hydroxyl groups excluding tert-OH is 1. The van der Waals surface area contributed by atoms with Gasteiger partial charge in [0.25, 0.3) is 5.69 Å². The predicted molar refractivity (Wildman–Crippen MR) is 85.7 cm³/mol. The van der Waals surface area contributed by atoms with Gasteiger partial charge in [0.1, 0.15) is 0 Å². The minimum atomic E-state index is -0.747. The summed E-state index contributed by atoms with van der Waals surface area (Å²) >= 11 is 2.19. The Labute approximate surface area is 130 Å². The molecule has 104 valence electrons. The SMILES string of the molecule is Cc1cccc(C(O)Cc2ccccc2[N+](=O)[O-])c1I. The van der Waals surface area contributed by atoms with Crippen LogP contribution < -0.4 is 0 Å². The Balaban J connectivity index is 2.30. The number of aliphatic hydroxyl groups is 1. The van der Waals surface area contributed by atoms with Crippen LogP contribution in [0, 0.1) is 20.6 Å². The van der Waals surface area contributed by atoms with E-state index in [9.17, 15) is 15.2 Å². The number of nitro benzene ring substituents is 1. The largest absolute Gasteiger partial charge is 0.388 e. The first-order valence-corrected chi connectivity index (χ1v) is 7.24. The molecule has 0 aromatic heterocycles. The average Bonchev–Trinajstić information content (AvgIpc) is 2.42. The lowest BCUT2D eigenvalue weighted by Gasteiger charge is -2.14. The average molecular weight is 383 g/mol. The lowest BCUT2D eigenvalue weighted by molar-refractivity contribution is -0.385. The molecule has 0 aliphatic carbocycles. The fraction of sp³-hybridized carbons (Fsp3) is 0.200. The molecule has 1 N–H and O–H groups in total. The van der Waals surface area contributed by atoms with Crippen LogP contribution in [0.5, 0.6) is 0 Å². The number of nitro groups is 1. The van der Waals surface area contributed by atoms with Gasteiger partial charge in [-0.3, -0.25) is 10.1 Å². The number of rotatable bonds is 4. The molecule has 0 saturated carbocycles. The van der Waals surface area contributed by atoms with Gasteiger partial charge in [0.05, 0.1) is 11.0 Å². The van der Waals surface area contributed by atoms with Gasteiger partial charge in [-0.15, -0.1) is 0 Å². The number of hydrogen-bond acceptors (Lipinski definition) is 3. The topological polar surface area (TPSA) is 63.4 Å². The van der Waals surface area contributed by atoms with E-state index in [1.54, 1.807) is 18.2 Å². The molecule has 0 heterocycles. The first kappa shape index (κ1) is 14.9. The molecule has 0 saturated heterocycles. The van der Waals surface area contributed by atoms with E-state index in [1.165, 1.54) is 6.07 Å². The van der Waals surface area contributed by atoms with Crippen molar-refractivity contribution < 1.29 is 10.0 Å². The van der Waals surface area contributed by atoms with Crippen molar-refractivity contribution in [3.63, 3.8) is 0 Å². The molecule has 0 radical (unpaired) electrons. The molecule has 1 unspecified atom stereocenters. The highest BCUT2D eigenvalue weighted by Gasteiger charge is 2.18. The molecule has 5 heteroatoms. The maximum atomic E-state index is 11.0. The lowest BCUT2D eigenvalue weighted by atomic mass is 9.99. The van der Waals surface area contributed by atoms with Crippen LogP contribution in [0.25, 0.3) is 0 Å². The number of aryl methyl sites for hydroxylation is 1. The second-order valence-electron chi connectivity index (χ2n) is 4.58. The Bertz CT molecular complexity index is 643. The standard InChI is InChI=1S/C15H14INO3/c1-10-5-4-7-12(15(10)16)14(18)9-11-6-2-3-8-13(11)17(19)20/h2-8,14,18H,9H2,1H3. The van der Waals surface area contributed by atoms with Gasteiger partial charge in [-0.2, -0.15) is 0 Å². The van der Waals surface area contributed by atoms with Crippen LogP contribution in [-0.2, 0) is 6.42 Å². The molecule has 2 rings (SSSR count). The molecular weight excluding hydrogens is 369 g/mol. The Morgan fingerprint density at radius 1 is 1.25 bits per heavy atom. The second kappa shape index (κ2) is 6.32. The third-order valence-corrected chi connectivity index (χ3v) is 4.66. The summed E-state index contributed by atoms with van der Waals surface area (Å²) in [7, 11) is 0. The molecule has 1 atom stereocenters. The van der Waals surface area contributed by atoms with Crippen LogP contribution in [0.4, 0.5) is 5.69 Å². The van der Waals surface area contributed by atoms with E-state index in [4.69, 9.17) is 0 Å². The van der Waals surface area contributed by atoms with Crippen molar-refractivity contribution in [1.82, 2.24) is 0 Å². The number of halogens is 1. The zero-order chi connectivity index (χ0) is 14.7. The molecular formula is C15H14INO3. The van der Waals surface area contributed by atoms with Gasteiger partial charge in [0, 0.05) is 21.6 Å². The third kappa shape index (κ3) is 3.16. The Kier molecular flexibility index (Phi) is 4.72. The van der Waals surface area contributed by atoms with E-state index in [-0.39, 0.29) is 12.1 Å². The summed E-state index contributed by atoms with van der Waals surface area (Å²) in [6, 6.07) is 12.2. The zero-order valence-electron chi connectivity index (χ0n) is 10.9. The van der Waals surface area contributed by atoms with Crippen molar-refractivity contribution in [1.29, 1.82) is 0 Å². The summed E-state index contributed by atoms with van der Waals surface area (Å²) in [5, 5.41) is 21.3. The maximum Gasteiger partial charge on any atom is 0.272 e. The van der Waals surface area contributed by atoms with Gasteiger partial charge in [-0.25, -0.2) is 0 Å². The van der Waals surface area contributed by atoms with Gasteiger partial charge in [0.2, 0.25) is 0 Å². The molecule has 0 aliphatic rings. The third-order valence-electron chi connectivity index (χ3n) is 3.18. The van der Waals surface area contributed by atoms with Gasteiger partial charge in [-0.1, -0.05) is 36.4 Å². The van der Waals surface area contributed by atoms with Crippen LogP contribution in [0.1, 0.15) is 22.8 Å². The molecule has 20 heavy (non-hydrogen) atoms. The van der Waals surface area contributed by atoms with Crippen LogP contribution in [0.15, 0.2) is 42.5 Å². The van der Waals surface area contributed by atoms with Crippen LogP contribution in [-0.4, -0.2) is 10.0 Å². The van der Waals surface area contributed by atoms with Gasteiger partial charge in [0.15, 0.2) is 0 Å². The Morgan fingerprint density at radius 2 is 1.95 bits per heavy atom. The second-order valence-corrected chi connectivity index (χ2v) is 5.66. The van der Waals surface area contributed by atoms with Crippen LogP contribution in [0.2, 0.25) is 0 Å². The fourth-order valence-corrected chi connectivity index (χ4v) is 2.83. The van der Waals surface area contributed by atoms with Crippen LogP contribution >= 0.6 is 22.6 Å². The highest BCUT2D eigenvalue weighted by Crippen LogP contribution is 2.28. The highest BCUT2D eigenvalue weighted by molar-refractivity contribution is 14.1. The molecule has 2 aromatic rings. The van der Waals surface area contributed by atoms with Crippen molar-refractivity contribution in [2.24, 2.45) is 0 Å². The van der Waals surface area contributed by atoms with E-state index >= 15 is 0 Å². The van der Waals surface area contributed by atoms with E-state index in [0.717, 1.165) is 14.7 Å². The van der Waals surface area contributed by atoms with E-state index in [1.807, 2.05) is 25.1 Å². The molecule has 0 bridgehead atoms. The first-order valence-electron chi connectivity index (χ1n) is 6.16. The summed E-state index contributed by atoms with van der Waals surface area (Å²) in [5.74, 6) is 0. The van der Waals surface area contributed by atoms with Gasteiger partial charge < -0.3 is 5.11 Å². The number of hydrogen-bond donors (Lipinski definition) is 1. The molecule has 0 amide bonds. The minimum absolute atomic E-state index is 0.0502. The summed E-state index contributed by atoms with van der Waals surface area (Å²) in [6.45, 7) is 1.98. The molecule has 4 nitrogen and oxygen atoms in total. The smallest absolute Gasteiger partial charge is 0.272 e. The maximum absolute atomic E-state index is 11.0. The monoisotopic (exact) mass is 383 g/mol. The predicted octanol–water partition coefficient (Wildman–Crippen LogP) is 3.78. The van der Waals surface area contributed by atoms with Crippen molar-refractivity contribution >= 4 is 28.3 Å². The minimum Gasteiger partial charge on any atom is -0.388 e. The summed E-state index contributed by atoms with van der Waals surface area (Å²) in [4.78, 5) is 10.6. The number of benzene rings is 2. The molecule has 0 spiro atoms. The quantitative estimate of drug-likeness (QED) is 0.497. The van der Waals surface area contributed by atoms with Crippen molar-refractivity contribution in [3.8, 4) is 0 Å². The van der Waals surface area contributed by atoms with Crippen molar-refractivity contribution in [3.05, 3.63) is 72.8 Å². The summed E-state index contributed by atoms with van der Waals surface area (Å²) in [5.41, 5.74) is 2.49. The number of para-hydroxylation sites is 1. The molecule has 0 fully saturated rings. The Morgan fingerprint density at radius 3 is 2.65 bits per heavy atom. The summed E-state index contributed by atoms with van der Waals surface area (Å²) < 4.78 is 0.996. The Hall–Kier alpha value is -1.47. The molecule has 2 aromatic carbocycles. The molecule has 0 aliphatic heterocycles. The fourth-order valence-electron chi connectivity index (χ4n) is 2.11. The summed E-state index contributed by atoms with van der Waals surface area (Å²) in [6.07, 6.45) is -0.515. The van der Waals surface area contributed by atoms with Gasteiger partial charge >= 0.3 is 0 Å². The van der Waals surface area contributed by atoms with Crippen molar-refractivity contribution in [2.75, 3.05) is 0 Å². The zero-order valence-corrected chi connectivity index (χ0v) is 13.1. The number of nitrogens with zero attached hydrogens (tertiary/aromatic N) is 1. The normalized spacial score (nSPS) is 12.2. The van der Waals surface area contributed by atoms with Crippen LogP contribution in [0.3, 0.4) is 0 Å². The van der Waals surface area contributed by atoms with Crippen molar-refractivity contribution in [2.45, 2.75) is 19.4 Å².